The molecule has 138 valence electrons. The van der Waals surface area contributed by atoms with Gasteiger partial charge in [-0.05, 0) is 42.5 Å². The van der Waals surface area contributed by atoms with Crippen LogP contribution in [0.2, 0.25) is 0 Å². The number of halogens is 1. The summed E-state index contributed by atoms with van der Waals surface area (Å²) in [4.78, 5) is 16.9. The fraction of sp³-hybridized carbons (Fsp3) is 0.368. The van der Waals surface area contributed by atoms with E-state index in [1.165, 1.54) is 32.4 Å². The highest BCUT2D eigenvalue weighted by atomic mass is 19.1. The summed E-state index contributed by atoms with van der Waals surface area (Å²) in [7, 11) is 2.88. The van der Waals surface area contributed by atoms with Crippen LogP contribution in [0.15, 0.2) is 36.5 Å². The number of methoxy groups -OCH3 is 2. The number of amides is 1. The maximum atomic E-state index is 13.6. The maximum absolute atomic E-state index is 13.6. The third kappa shape index (κ3) is 3.77. The van der Waals surface area contributed by atoms with Crippen LogP contribution >= 0.6 is 0 Å². The number of aliphatic hydroxyl groups is 1. The van der Waals surface area contributed by atoms with Crippen LogP contribution in [0.25, 0.3) is 0 Å². The molecule has 0 spiro atoms. The average molecular weight is 360 g/mol. The minimum Gasteiger partial charge on any atom is -0.494 e. The van der Waals surface area contributed by atoms with Crippen LogP contribution in [0.1, 0.15) is 34.8 Å². The van der Waals surface area contributed by atoms with Crippen LogP contribution in [0, 0.1) is 11.7 Å². The van der Waals surface area contributed by atoms with Gasteiger partial charge in [-0.25, -0.2) is 9.37 Å². The molecule has 1 atom stereocenters. The molecular formula is C19H21FN2O4. The first-order valence-corrected chi connectivity index (χ1v) is 8.34. The molecule has 3 rings (SSSR count). The van der Waals surface area contributed by atoms with Crippen molar-refractivity contribution in [1.82, 2.24) is 10.3 Å². The summed E-state index contributed by atoms with van der Waals surface area (Å²) < 4.78 is 23.6. The summed E-state index contributed by atoms with van der Waals surface area (Å²) in [5, 5.41) is 12.6. The van der Waals surface area contributed by atoms with Crippen molar-refractivity contribution in [2.75, 3.05) is 14.2 Å². The maximum Gasteiger partial charge on any atom is 0.251 e. The molecule has 26 heavy (non-hydrogen) atoms. The molecule has 7 heteroatoms. The van der Waals surface area contributed by atoms with Crippen molar-refractivity contribution in [2.24, 2.45) is 5.92 Å². The smallest absolute Gasteiger partial charge is 0.251 e. The van der Waals surface area contributed by atoms with Gasteiger partial charge in [-0.2, -0.15) is 0 Å². The number of nitrogens with one attached hydrogen (secondary N) is 1. The Bertz CT molecular complexity index is 776. The van der Waals surface area contributed by atoms with Gasteiger partial charge in [0.1, 0.15) is 0 Å². The van der Waals surface area contributed by atoms with Crippen molar-refractivity contribution in [3.63, 3.8) is 0 Å². The number of benzene rings is 1. The fourth-order valence-corrected chi connectivity index (χ4v) is 3.10. The Balaban J connectivity index is 1.82. The van der Waals surface area contributed by atoms with E-state index in [1.807, 2.05) is 6.07 Å². The Morgan fingerprint density at radius 1 is 1.27 bits per heavy atom. The van der Waals surface area contributed by atoms with E-state index in [0.717, 1.165) is 5.56 Å². The molecule has 0 saturated heterocycles. The molecule has 1 heterocycles. The Kier molecular flexibility index (Phi) is 5.37. The molecule has 1 unspecified atom stereocenters. The van der Waals surface area contributed by atoms with Crippen molar-refractivity contribution in [1.29, 1.82) is 0 Å². The van der Waals surface area contributed by atoms with Crippen molar-refractivity contribution in [3.05, 3.63) is 53.5 Å². The molecule has 1 aromatic carbocycles. The van der Waals surface area contributed by atoms with Gasteiger partial charge in [0.15, 0.2) is 11.6 Å². The summed E-state index contributed by atoms with van der Waals surface area (Å²) in [6.07, 6.45) is 2.50. The number of ether oxygens (including phenoxy) is 2. The molecule has 1 aliphatic rings. The van der Waals surface area contributed by atoms with Gasteiger partial charge < -0.3 is 19.9 Å². The predicted octanol–water partition coefficient (Wildman–Crippen LogP) is 2.48. The Morgan fingerprint density at radius 3 is 2.62 bits per heavy atom. The van der Waals surface area contributed by atoms with E-state index in [-0.39, 0.29) is 29.7 Å². The standard InChI is InChI=1S/C19H21FN2O4/c1-25-16-9-11(3-5-15(16)20)19(24)22-18(13-7-14(23)8-13)12-4-6-17(26-2)21-10-12/h3-6,9-10,13-14,18,23H,7-8H2,1-2H3,(H,22,24). The Hall–Kier alpha value is -2.67. The minimum atomic E-state index is -0.526. The van der Waals surface area contributed by atoms with Crippen LogP contribution in [0.3, 0.4) is 0 Å². The lowest BCUT2D eigenvalue weighted by Crippen LogP contribution is -2.41. The average Bonchev–Trinajstić information content (AvgIpc) is 2.64. The lowest BCUT2D eigenvalue weighted by Gasteiger charge is -2.38. The molecule has 1 saturated carbocycles. The summed E-state index contributed by atoms with van der Waals surface area (Å²) in [6, 6.07) is 7.23. The first-order chi connectivity index (χ1) is 12.5. The van der Waals surface area contributed by atoms with Crippen LogP contribution in [0.5, 0.6) is 11.6 Å². The van der Waals surface area contributed by atoms with E-state index < -0.39 is 5.82 Å². The predicted molar refractivity (Wildman–Crippen MR) is 92.7 cm³/mol. The van der Waals surface area contributed by atoms with E-state index in [2.05, 4.69) is 10.3 Å². The second kappa shape index (κ2) is 7.70. The number of hydrogen-bond acceptors (Lipinski definition) is 5. The topological polar surface area (TPSA) is 80.7 Å². The molecule has 2 N–H and O–H groups in total. The molecule has 0 radical (unpaired) electrons. The van der Waals surface area contributed by atoms with Crippen molar-refractivity contribution in [2.45, 2.75) is 25.0 Å². The fourth-order valence-electron chi connectivity index (χ4n) is 3.10. The highest BCUT2D eigenvalue weighted by Gasteiger charge is 2.36. The van der Waals surface area contributed by atoms with E-state index in [0.29, 0.717) is 24.3 Å². The zero-order valence-electron chi connectivity index (χ0n) is 14.6. The molecule has 1 amide bonds. The van der Waals surface area contributed by atoms with Gasteiger partial charge in [-0.3, -0.25) is 4.79 Å². The Labute approximate surface area is 151 Å². The van der Waals surface area contributed by atoms with Gasteiger partial charge >= 0.3 is 0 Å². The number of carbonyl (C=O) groups is 1. The number of pyridine rings is 1. The highest BCUT2D eigenvalue weighted by Crippen LogP contribution is 2.38. The van der Waals surface area contributed by atoms with Crippen LogP contribution < -0.4 is 14.8 Å². The van der Waals surface area contributed by atoms with Gasteiger partial charge in [0.05, 0.1) is 26.4 Å². The quantitative estimate of drug-likeness (QED) is 0.827. The monoisotopic (exact) mass is 360 g/mol. The van der Waals surface area contributed by atoms with E-state index >= 15 is 0 Å². The number of aromatic nitrogens is 1. The molecule has 6 nitrogen and oxygen atoms in total. The summed E-state index contributed by atoms with van der Waals surface area (Å²) in [5.41, 5.74) is 1.12. The van der Waals surface area contributed by atoms with Gasteiger partial charge in [-0.15, -0.1) is 0 Å². The number of carbonyl (C=O) groups excluding carboxylic acids is 1. The second-order valence-electron chi connectivity index (χ2n) is 6.32. The minimum absolute atomic E-state index is 0.0133. The number of rotatable bonds is 6. The molecule has 0 bridgehead atoms. The first-order valence-electron chi connectivity index (χ1n) is 8.34. The van der Waals surface area contributed by atoms with Gasteiger partial charge in [0, 0.05) is 17.8 Å². The van der Waals surface area contributed by atoms with Crippen molar-refractivity contribution < 1.29 is 23.8 Å². The first kappa shape index (κ1) is 18.1. The van der Waals surface area contributed by atoms with Crippen molar-refractivity contribution in [3.8, 4) is 11.6 Å². The number of nitrogens with zero attached hydrogens (tertiary/aromatic N) is 1. The third-order valence-corrected chi connectivity index (χ3v) is 4.65. The molecule has 0 aliphatic heterocycles. The molecular weight excluding hydrogens is 339 g/mol. The lowest BCUT2D eigenvalue weighted by molar-refractivity contribution is 0.0234. The van der Waals surface area contributed by atoms with Crippen LogP contribution in [0.4, 0.5) is 4.39 Å². The summed E-state index contributed by atoms with van der Waals surface area (Å²) >= 11 is 0. The normalized spacial score (nSPS) is 20.0. The zero-order chi connectivity index (χ0) is 18.7. The van der Waals surface area contributed by atoms with E-state index in [4.69, 9.17) is 9.47 Å². The molecule has 1 fully saturated rings. The Morgan fingerprint density at radius 2 is 2.04 bits per heavy atom. The highest BCUT2D eigenvalue weighted by molar-refractivity contribution is 5.94. The summed E-state index contributed by atoms with van der Waals surface area (Å²) in [5.74, 6) is -0.269. The zero-order valence-corrected chi connectivity index (χ0v) is 14.6. The lowest BCUT2D eigenvalue weighted by atomic mass is 9.75. The molecule has 1 aliphatic carbocycles. The van der Waals surface area contributed by atoms with Gasteiger partial charge in [-0.1, -0.05) is 6.07 Å². The SMILES string of the molecule is COc1ccc(C(NC(=O)c2ccc(F)c(OC)c2)C2CC(O)C2)cn1. The van der Waals surface area contributed by atoms with E-state index in [9.17, 15) is 14.3 Å². The molecule has 1 aromatic heterocycles. The van der Waals surface area contributed by atoms with E-state index in [1.54, 1.807) is 12.3 Å². The van der Waals surface area contributed by atoms with Crippen LogP contribution in [-0.4, -0.2) is 36.3 Å². The van der Waals surface area contributed by atoms with Gasteiger partial charge in [0.25, 0.3) is 5.91 Å². The molecule has 2 aromatic rings. The largest absolute Gasteiger partial charge is 0.494 e. The van der Waals surface area contributed by atoms with Gasteiger partial charge in [0.2, 0.25) is 5.88 Å². The van der Waals surface area contributed by atoms with Crippen molar-refractivity contribution >= 4 is 5.91 Å². The summed E-state index contributed by atoms with van der Waals surface area (Å²) in [6.45, 7) is 0. The second-order valence-corrected chi connectivity index (χ2v) is 6.32. The number of aliphatic hydroxyl groups excluding tert-OH is 1. The number of hydrogen-bond donors (Lipinski definition) is 2. The van der Waals surface area contributed by atoms with Crippen LogP contribution in [-0.2, 0) is 0 Å². The third-order valence-electron chi connectivity index (χ3n) is 4.65.